The van der Waals surface area contributed by atoms with Crippen molar-refractivity contribution in [1.82, 2.24) is 10.6 Å². The van der Waals surface area contributed by atoms with Gasteiger partial charge < -0.3 is 21.1 Å². The van der Waals surface area contributed by atoms with Crippen LogP contribution < -0.4 is 21.1 Å². The number of hydrogen-bond donors (Lipinski definition) is 3. The summed E-state index contributed by atoms with van der Waals surface area (Å²) in [5.41, 5.74) is 6.60. The monoisotopic (exact) mass is 265 g/mol. The van der Waals surface area contributed by atoms with E-state index in [0.29, 0.717) is 36.7 Å². The van der Waals surface area contributed by atoms with Gasteiger partial charge in [0.2, 0.25) is 5.91 Å². The van der Waals surface area contributed by atoms with Gasteiger partial charge in [-0.25, -0.2) is 0 Å². The lowest BCUT2D eigenvalue weighted by molar-refractivity contribution is -0.118. The molecule has 0 fully saturated rings. The molecule has 0 heterocycles. The van der Waals surface area contributed by atoms with Gasteiger partial charge in [0.05, 0.1) is 17.9 Å². The van der Waals surface area contributed by atoms with Crippen molar-refractivity contribution in [2.75, 3.05) is 25.4 Å². The lowest BCUT2D eigenvalue weighted by Gasteiger charge is -2.12. The third-order valence-corrected chi connectivity index (χ3v) is 2.36. The predicted octanol–water partition coefficient (Wildman–Crippen LogP) is 0.533. The number of nitrogen functional groups attached to an aromatic ring is 1. The van der Waals surface area contributed by atoms with Crippen LogP contribution in [-0.2, 0) is 4.79 Å². The summed E-state index contributed by atoms with van der Waals surface area (Å²) in [5.74, 6) is -0.0173. The molecule has 104 valence electrons. The number of rotatable bonds is 6. The molecule has 0 spiro atoms. The van der Waals surface area contributed by atoms with Crippen molar-refractivity contribution >= 4 is 17.5 Å². The van der Waals surface area contributed by atoms with Crippen LogP contribution in [0, 0.1) is 0 Å². The minimum absolute atomic E-state index is 0.131. The number of nitrogens with two attached hydrogens (primary N) is 1. The summed E-state index contributed by atoms with van der Waals surface area (Å²) in [7, 11) is 0. The average molecular weight is 265 g/mol. The maximum Gasteiger partial charge on any atom is 0.255 e. The van der Waals surface area contributed by atoms with E-state index in [1.54, 1.807) is 18.2 Å². The Morgan fingerprint density at radius 1 is 1.26 bits per heavy atom. The molecular weight excluding hydrogens is 246 g/mol. The van der Waals surface area contributed by atoms with Gasteiger partial charge in [-0.3, -0.25) is 9.59 Å². The number of carbonyl (C=O) groups excluding carboxylic acids is 2. The standard InChI is InChI=1S/C13H19N3O3/c1-3-19-12-10(5-4-6-11(12)14)13(18)16-8-7-15-9(2)17/h4-6H,3,7-8,14H2,1-2H3,(H,15,17)(H,16,18). The van der Waals surface area contributed by atoms with E-state index in [1.165, 1.54) is 6.92 Å². The molecule has 0 bridgehead atoms. The highest BCUT2D eigenvalue weighted by Crippen LogP contribution is 2.26. The highest BCUT2D eigenvalue weighted by atomic mass is 16.5. The fourth-order valence-corrected chi connectivity index (χ4v) is 1.55. The van der Waals surface area contributed by atoms with E-state index in [-0.39, 0.29) is 11.8 Å². The Morgan fingerprint density at radius 3 is 2.58 bits per heavy atom. The normalized spacial score (nSPS) is 9.79. The molecule has 0 atom stereocenters. The van der Waals surface area contributed by atoms with Crippen LogP contribution in [0.1, 0.15) is 24.2 Å². The molecule has 19 heavy (non-hydrogen) atoms. The first-order chi connectivity index (χ1) is 9.06. The van der Waals surface area contributed by atoms with Crippen LogP contribution in [0.15, 0.2) is 18.2 Å². The largest absolute Gasteiger partial charge is 0.491 e. The van der Waals surface area contributed by atoms with E-state index in [0.717, 1.165) is 0 Å². The van der Waals surface area contributed by atoms with Gasteiger partial charge >= 0.3 is 0 Å². The molecule has 0 radical (unpaired) electrons. The second-order valence-electron chi connectivity index (χ2n) is 3.90. The van der Waals surface area contributed by atoms with Gasteiger partial charge in [0, 0.05) is 20.0 Å². The zero-order valence-corrected chi connectivity index (χ0v) is 11.2. The van der Waals surface area contributed by atoms with Crippen molar-refractivity contribution < 1.29 is 14.3 Å². The predicted molar refractivity (Wildman–Crippen MR) is 73.0 cm³/mol. The minimum atomic E-state index is -0.277. The summed E-state index contributed by atoms with van der Waals surface area (Å²) in [6.45, 7) is 4.41. The van der Waals surface area contributed by atoms with Crippen LogP contribution in [0.25, 0.3) is 0 Å². The fraction of sp³-hybridized carbons (Fsp3) is 0.385. The summed E-state index contributed by atoms with van der Waals surface area (Å²) in [5, 5.41) is 5.29. The van der Waals surface area contributed by atoms with Gasteiger partial charge in [0.1, 0.15) is 0 Å². The Hall–Kier alpha value is -2.24. The summed E-state index contributed by atoms with van der Waals surface area (Å²) >= 11 is 0. The van der Waals surface area contributed by atoms with Crippen LogP contribution in [0.2, 0.25) is 0 Å². The molecule has 0 aliphatic rings. The first-order valence-corrected chi connectivity index (χ1v) is 6.10. The van der Waals surface area contributed by atoms with E-state index < -0.39 is 0 Å². The van der Waals surface area contributed by atoms with Gasteiger partial charge in [-0.05, 0) is 19.1 Å². The summed E-state index contributed by atoms with van der Waals surface area (Å²) < 4.78 is 5.38. The SMILES string of the molecule is CCOc1c(N)cccc1C(=O)NCCNC(C)=O. The van der Waals surface area contributed by atoms with Crippen molar-refractivity contribution in [2.24, 2.45) is 0 Å². The summed E-state index contributed by atoms with van der Waals surface area (Å²) in [4.78, 5) is 22.7. The lowest BCUT2D eigenvalue weighted by Crippen LogP contribution is -2.33. The van der Waals surface area contributed by atoms with Gasteiger partial charge in [0.25, 0.3) is 5.91 Å². The molecule has 1 aromatic carbocycles. The molecule has 1 rings (SSSR count). The average Bonchev–Trinajstić information content (AvgIpc) is 2.36. The Kier molecular flexibility index (Phi) is 5.66. The van der Waals surface area contributed by atoms with Gasteiger partial charge in [0.15, 0.2) is 5.75 Å². The fourth-order valence-electron chi connectivity index (χ4n) is 1.55. The van der Waals surface area contributed by atoms with Gasteiger partial charge in [-0.15, -0.1) is 0 Å². The second-order valence-corrected chi connectivity index (χ2v) is 3.90. The highest BCUT2D eigenvalue weighted by molar-refractivity contribution is 5.98. The Balaban J connectivity index is 2.66. The second kappa shape index (κ2) is 7.25. The van der Waals surface area contributed by atoms with Crippen LogP contribution in [0.5, 0.6) is 5.75 Å². The molecule has 2 amide bonds. The topological polar surface area (TPSA) is 93.4 Å². The summed E-state index contributed by atoms with van der Waals surface area (Å²) in [6, 6.07) is 5.02. The first-order valence-electron chi connectivity index (χ1n) is 6.10. The van der Waals surface area contributed by atoms with Crippen molar-refractivity contribution in [3.05, 3.63) is 23.8 Å². The van der Waals surface area contributed by atoms with Crippen LogP contribution in [0.4, 0.5) is 5.69 Å². The molecule has 4 N–H and O–H groups in total. The minimum Gasteiger partial charge on any atom is -0.491 e. The molecule has 0 aliphatic carbocycles. The molecule has 0 saturated carbocycles. The third-order valence-electron chi connectivity index (χ3n) is 2.36. The Labute approximate surface area is 112 Å². The highest BCUT2D eigenvalue weighted by Gasteiger charge is 2.14. The molecule has 0 aromatic heterocycles. The molecule has 0 saturated heterocycles. The molecule has 0 unspecified atom stereocenters. The van der Waals surface area contributed by atoms with Crippen molar-refractivity contribution in [2.45, 2.75) is 13.8 Å². The van der Waals surface area contributed by atoms with Crippen molar-refractivity contribution in [3.8, 4) is 5.75 Å². The van der Waals surface area contributed by atoms with Gasteiger partial charge in [-0.1, -0.05) is 6.07 Å². The molecule has 6 heteroatoms. The van der Waals surface area contributed by atoms with Crippen LogP contribution >= 0.6 is 0 Å². The molecule has 0 aliphatic heterocycles. The zero-order chi connectivity index (χ0) is 14.3. The summed E-state index contributed by atoms with van der Waals surface area (Å²) in [6.07, 6.45) is 0. The van der Waals surface area contributed by atoms with E-state index in [1.807, 2.05) is 6.92 Å². The van der Waals surface area contributed by atoms with Crippen molar-refractivity contribution in [1.29, 1.82) is 0 Å². The number of carbonyl (C=O) groups is 2. The smallest absolute Gasteiger partial charge is 0.255 e. The van der Waals surface area contributed by atoms with Gasteiger partial charge in [-0.2, -0.15) is 0 Å². The molecule has 6 nitrogen and oxygen atoms in total. The Bertz CT molecular complexity index is 460. The maximum atomic E-state index is 12.0. The van der Waals surface area contributed by atoms with E-state index in [2.05, 4.69) is 10.6 Å². The van der Waals surface area contributed by atoms with E-state index in [9.17, 15) is 9.59 Å². The number of anilines is 1. The third kappa shape index (κ3) is 4.50. The number of hydrogen-bond acceptors (Lipinski definition) is 4. The van der Waals surface area contributed by atoms with E-state index >= 15 is 0 Å². The molecule has 1 aromatic rings. The molecular formula is C13H19N3O3. The Morgan fingerprint density at radius 2 is 1.95 bits per heavy atom. The quantitative estimate of drug-likeness (QED) is 0.517. The number of benzene rings is 1. The van der Waals surface area contributed by atoms with Crippen LogP contribution in [0.3, 0.4) is 0 Å². The first kappa shape index (κ1) is 14.8. The zero-order valence-electron chi connectivity index (χ0n) is 11.2. The maximum absolute atomic E-state index is 12.0. The van der Waals surface area contributed by atoms with Crippen molar-refractivity contribution in [3.63, 3.8) is 0 Å². The number of ether oxygens (including phenoxy) is 1. The lowest BCUT2D eigenvalue weighted by atomic mass is 10.1. The van der Waals surface area contributed by atoms with Crippen LogP contribution in [-0.4, -0.2) is 31.5 Å². The number of amides is 2. The number of para-hydroxylation sites is 1. The van der Waals surface area contributed by atoms with E-state index in [4.69, 9.17) is 10.5 Å². The number of nitrogens with one attached hydrogen (secondary N) is 2.